The SMILES string of the molecule is CCCN(CCC)Cc1cc(N)ccc1Cl. The normalized spacial score (nSPS) is 11.0. The number of anilines is 1. The van der Waals surface area contributed by atoms with Crippen molar-refractivity contribution >= 4 is 17.3 Å². The van der Waals surface area contributed by atoms with E-state index >= 15 is 0 Å². The van der Waals surface area contributed by atoms with Gasteiger partial charge in [-0.2, -0.15) is 0 Å². The molecule has 0 radical (unpaired) electrons. The molecule has 0 aliphatic rings. The molecule has 0 amide bonds. The maximum absolute atomic E-state index is 6.16. The van der Waals surface area contributed by atoms with Crippen LogP contribution >= 0.6 is 11.6 Å². The molecule has 0 bridgehead atoms. The van der Waals surface area contributed by atoms with E-state index in [1.54, 1.807) is 0 Å². The summed E-state index contributed by atoms with van der Waals surface area (Å²) in [4.78, 5) is 2.42. The van der Waals surface area contributed by atoms with E-state index in [0.29, 0.717) is 0 Å². The molecule has 0 aromatic heterocycles. The zero-order chi connectivity index (χ0) is 12.0. The van der Waals surface area contributed by atoms with Gasteiger partial charge in [0.1, 0.15) is 0 Å². The van der Waals surface area contributed by atoms with Crippen molar-refractivity contribution in [1.29, 1.82) is 0 Å². The second-order valence-corrected chi connectivity index (χ2v) is 4.53. The summed E-state index contributed by atoms with van der Waals surface area (Å²) in [7, 11) is 0. The first kappa shape index (κ1) is 13.3. The summed E-state index contributed by atoms with van der Waals surface area (Å²) in [6, 6.07) is 5.69. The van der Waals surface area contributed by atoms with Gasteiger partial charge < -0.3 is 5.73 Å². The molecule has 16 heavy (non-hydrogen) atoms. The van der Waals surface area contributed by atoms with Crippen LogP contribution in [0.4, 0.5) is 5.69 Å². The molecular weight excluding hydrogens is 220 g/mol. The van der Waals surface area contributed by atoms with Crippen LogP contribution in [-0.2, 0) is 6.54 Å². The van der Waals surface area contributed by atoms with Crippen molar-refractivity contribution in [3.05, 3.63) is 28.8 Å². The molecule has 0 saturated carbocycles. The lowest BCUT2D eigenvalue weighted by molar-refractivity contribution is 0.266. The molecular formula is C13H21ClN2. The van der Waals surface area contributed by atoms with Gasteiger partial charge in [-0.25, -0.2) is 0 Å². The molecule has 0 spiro atoms. The van der Waals surface area contributed by atoms with Crippen molar-refractivity contribution in [2.24, 2.45) is 0 Å². The summed E-state index contributed by atoms with van der Waals surface area (Å²) < 4.78 is 0. The molecule has 0 aliphatic heterocycles. The van der Waals surface area contributed by atoms with Crippen LogP contribution in [0.25, 0.3) is 0 Å². The van der Waals surface area contributed by atoms with E-state index in [0.717, 1.165) is 35.9 Å². The lowest BCUT2D eigenvalue weighted by Crippen LogP contribution is -2.25. The molecule has 2 nitrogen and oxygen atoms in total. The molecule has 2 N–H and O–H groups in total. The van der Waals surface area contributed by atoms with Crippen LogP contribution in [0.15, 0.2) is 18.2 Å². The number of nitrogens with two attached hydrogens (primary N) is 1. The van der Waals surface area contributed by atoms with Gasteiger partial charge in [-0.15, -0.1) is 0 Å². The van der Waals surface area contributed by atoms with E-state index in [-0.39, 0.29) is 0 Å². The second-order valence-electron chi connectivity index (χ2n) is 4.13. The van der Waals surface area contributed by atoms with Gasteiger partial charge in [0.2, 0.25) is 0 Å². The van der Waals surface area contributed by atoms with E-state index in [9.17, 15) is 0 Å². The topological polar surface area (TPSA) is 29.3 Å². The Morgan fingerprint density at radius 2 is 1.81 bits per heavy atom. The number of nitrogens with zero attached hydrogens (tertiary/aromatic N) is 1. The molecule has 90 valence electrons. The summed E-state index contributed by atoms with van der Waals surface area (Å²) in [6.45, 7) is 7.51. The Morgan fingerprint density at radius 3 is 2.38 bits per heavy atom. The number of hydrogen-bond acceptors (Lipinski definition) is 2. The average molecular weight is 241 g/mol. The van der Waals surface area contributed by atoms with Gasteiger partial charge in [-0.05, 0) is 49.7 Å². The van der Waals surface area contributed by atoms with E-state index in [1.165, 1.54) is 12.8 Å². The molecule has 0 saturated heterocycles. The van der Waals surface area contributed by atoms with Crippen LogP contribution in [0.2, 0.25) is 5.02 Å². The van der Waals surface area contributed by atoms with Crippen molar-refractivity contribution in [2.75, 3.05) is 18.8 Å². The third kappa shape index (κ3) is 4.03. The maximum Gasteiger partial charge on any atom is 0.0452 e. The summed E-state index contributed by atoms with van der Waals surface area (Å²) in [5, 5.41) is 0.811. The van der Waals surface area contributed by atoms with Gasteiger partial charge in [-0.3, -0.25) is 4.90 Å². The summed E-state index contributed by atoms with van der Waals surface area (Å²) in [5.41, 5.74) is 7.69. The fourth-order valence-corrected chi connectivity index (χ4v) is 2.04. The van der Waals surface area contributed by atoms with E-state index in [2.05, 4.69) is 18.7 Å². The summed E-state index contributed by atoms with van der Waals surface area (Å²) >= 11 is 6.16. The smallest absolute Gasteiger partial charge is 0.0452 e. The number of benzene rings is 1. The number of halogens is 1. The van der Waals surface area contributed by atoms with Crippen molar-refractivity contribution in [2.45, 2.75) is 33.2 Å². The Bertz CT molecular complexity index is 320. The molecule has 1 rings (SSSR count). The molecule has 3 heteroatoms. The standard InChI is InChI=1S/C13H21ClN2/c1-3-7-16(8-4-2)10-11-9-12(15)5-6-13(11)14/h5-6,9H,3-4,7-8,10,15H2,1-2H3. The highest BCUT2D eigenvalue weighted by Gasteiger charge is 2.07. The van der Waals surface area contributed by atoms with Crippen LogP contribution < -0.4 is 5.73 Å². The Hall–Kier alpha value is -0.730. The van der Waals surface area contributed by atoms with Gasteiger partial charge in [0.25, 0.3) is 0 Å². The first-order valence-corrected chi connectivity index (χ1v) is 6.31. The van der Waals surface area contributed by atoms with Crippen LogP contribution in [0.1, 0.15) is 32.3 Å². The zero-order valence-electron chi connectivity index (χ0n) is 10.2. The molecule has 0 aliphatic carbocycles. The van der Waals surface area contributed by atoms with Crippen molar-refractivity contribution < 1.29 is 0 Å². The van der Waals surface area contributed by atoms with Crippen LogP contribution in [0.5, 0.6) is 0 Å². The first-order valence-electron chi connectivity index (χ1n) is 5.93. The molecule has 0 atom stereocenters. The van der Waals surface area contributed by atoms with Gasteiger partial charge in [0.15, 0.2) is 0 Å². The molecule has 0 fully saturated rings. The Kier molecular flexibility index (Phi) is 5.64. The van der Waals surface area contributed by atoms with Gasteiger partial charge >= 0.3 is 0 Å². The average Bonchev–Trinajstić information content (AvgIpc) is 2.24. The minimum absolute atomic E-state index is 0.785. The van der Waals surface area contributed by atoms with Crippen LogP contribution in [0, 0.1) is 0 Å². The minimum atomic E-state index is 0.785. The summed E-state index contributed by atoms with van der Waals surface area (Å²) in [5.74, 6) is 0. The third-order valence-electron chi connectivity index (χ3n) is 2.54. The fourth-order valence-electron chi connectivity index (χ4n) is 1.86. The number of rotatable bonds is 6. The van der Waals surface area contributed by atoms with Crippen molar-refractivity contribution in [1.82, 2.24) is 4.90 Å². The van der Waals surface area contributed by atoms with Gasteiger partial charge in [0, 0.05) is 17.3 Å². The quantitative estimate of drug-likeness (QED) is 0.771. The van der Waals surface area contributed by atoms with Crippen LogP contribution in [-0.4, -0.2) is 18.0 Å². The number of nitrogen functional groups attached to an aromatic ring is 1. The largest absolute Gasteiger partial charge is 0.399 e. The lowest BCUT2D eigenvalue weighted by Gasteiger charge is -2.21. The fraction of sp³-hybridized carbons (Fsp3) is 0.538. The van der Waals surface area contributed by atoms with E-state index in [4.69, 9.17) is 17.3 Å². The highest BCUT2D eigenvalue weighted by atomic mass is 35.5. The van der Waals surface area contributed by atoms with Gasteiger partial charge in [-0.1, -0.05) is 25.4 Å². The Balaban J connectivity index is 2.71. The predicted molar refractivity (Wildman–Crippen MR) is 71.7 cm³/mol. The highest BCUT2D eigenvalue weighted by molar-refractivity contribution is 6.31. The first-order chi connectivity index (χ1) is 7.67. The molecule has 0 heterocycles. The summed E-state index contributed by atoms with van der Waals surface area (Å²) in [6.07, 6.45) is 2.33. The van der Waals surface area contributed by atoms with Gasteiger partial charge in [0.05, 0.1) is 0 Å². The van der Waals surface area contributed by atoms with E-state index < -0.39 is 0 Å². The van der Waals surface area contributed by atoms with Crippen LogP contribution in [0.3, 0.4) is 0 Å². The van der Waals surface area contributed by atoms with Crippen molar-refractivity contribution in [3.8, 4) is 0 Å². The lowest BCUT2D eigenvalue weighted by atomic mass is 10.2. The van der Waals surface area contributed by atoms with Crippen molar-refractivity contribution in [3.63, 3.8) is 0 Å². The monoisotopic (exact) mass is 240 g/mol. The predicted octanol–water partition coefficient (Wildman–Crippen LogP) is 3.54. The molecule has 1 aromatic carbocycles. The number of hydrogen-bond donors (Lipinski definition) is 1. The zero-order valence-corrected chi connectivity index (χ0v) is 10.9. The molecule has 1 aromatic rings. The highest BCUT2D eigenvalue weighted by Crippen LogP contribution is 2.20. The Morgan fingerprint density at radius 1 is 1.19 bits per heavy atom. The molecule has 0 unspecified atom stereocenters. The maximum atomic E-state index is 6.16. The second kappa shape index (κ2) is 6.77. The minimum Gasteiger partial charge on any atom is -0.399 e. The van der Waals surface area contributed by atoms with E-state index in [1.807, 2.05) is 18.2 Å². The third-order valence-corrected chi connectivity index (χ3v) is 2.91. The Labute approximate surface area is 103 Å².